The van der Waals surface area contributed by atoms with Gasteiger partial charge in [-0.05, 0) is 12.2 Å². The Balaban J connectivity index is 2.04. The summed E-state index contributed by atoms with van der Waals surface area (Å²) in [4.78, 5) is 22.4. The molecular formula is C16H19N5O6S. The molecular weight excluding hydrogens is 390 g/mol. The molecule has 0 aliphatic carbocycles. The number of aryl methyl sites for hydroxylation is 1. The van der Waals surface area contributed by atoms with E-state index in [-0.39, 0.29) is 16.5 Å². The lowest BCUT2D eigenvalue weighted by Gasteiger charge is -2.16. The van der Waals surface area contributed by atoms with E-state index in [4.69, 9.17) is 26.4 Å². The second kappa shape index (κ2) is 8.90. The number of rotatable bonds is 6. The van der Waals surface area contributed by atoms with Crippen LogP contribution >= 0.6 is 12.2 Å². The number of ether oxygens (including phenoxy) is 3. The quantitative estimate of drug-likeness (QED) is 0.370. The van der Waals surface area contributed by atoms with Crippen LogP contribution in [0.3, 0.4) is 0 Å². The Morgan fingerprint density at radius 1 is 1.11 bits per heavy atom. The SMILES string of the molecule is COc1cc(NC(=S)NNC(=O)c2cc([N+](=O)[O-])cn2C)cc(OC)c1OC. The number of amides is 1. The van der Waals surface area contributed by atoms with Crippen molar-refractivity contribution in [3.63, 3.8) is 0 Å². The van der Waals surface area contributed by atoms with E-state index < -0.39 is 10.8 Å². The van der Waals surface area contributed by atoms with Crippen molar-refractivity contribution < 1.29 is 23.9 Å². The molecule has 0 bridgehead atoms. The van der Waals surface area contributed by atoms with E-state index in [0.29, 0.717) is 22.9 Å². The van der Waals surface area contributed by atoms with Gasteiger partial charge in [-0.2, -0.15) is 0 Å². The number of hydrogen-bond donors (Lipinski definition) is 3. The van der Waals surface area contributed by atoms with Crippen LogP contribution < -0.4 is 30.4 Å². The summed E-state index contributed by atoms with van der Waals surface area (Å²) < 4.78 is 17.1. The number of thiocarbonyl (C=S) groups is 1. The highest BCUT2D eigenvalue weighted by Gasteiger charge is 2.18. The van der Waals surface area contributed by atoms with Gasteiger partial charge in [0, 0.05) is 30.9 Å². The van der Waals surface area contributed by atoms with E-state index in [1.165, 1.54) is 39.1 Å². The largest absolute Gasteiger partial charge is 0.493 e. The molecule has 0 aliphatic rings. The Morgan fingerprint density at radius 2 is 1.71 bits per heavy atom. The molecule has 150 valence electrons. The molecule has 0 spiro atoms. The summed E-state index contributed by atoms with van der Waals surface area (Å²) in [6.45, 7) is 0. The lowest BCUT2D eigenvalue weighted by molar-refractivity contribution is -0.384. The summed E-state index contributed by atoms with van der Waals surface area (Å²) in [5.41, 5.74) is 5.32. The summed E-state index contributed by atoms with van der Waals surface area (Å²) >= 11 is 5.14. The first-order valence-corrected chi connectivity index (χ1v) is 8.19. The smallest absolute Gasteiger partial charge is 0.287 e. The molecule has 11 nitrogen and oxygen atoms in total. The molecule has 0 atom stereocenters. The monoisotopic (exact) mass is 409 g/mol. The van der Waals surface area contributed by atoms with Crippen molar-refractivity contribution >= 4 is 34.6 Å². The van der Waals surface area contributed by atoms with E-state index in [2.05, 4.69) is 16.2 Å². The lowest BCUT2D eigenvalue weighted by atomic mass is 10.2. The number of benzene rings is 1. The number of nitrogens with zero attached hydrogens (tertiary/aromatic N) is 2. The second-order valence-corrected chi connectivity index (χ2v) is 5.81. The Hall–Kier alpha value is -3.54. The van der Waals surface area contributed by atoms with Gasteiger partial charge in [-0.25, -0.2) is 0 Å². The highest BCUT2D eigenvalue weighted by molar-refractivity contribution is 7.80. The van der Waals surface area contributed by atoms with Crippen molar-refractivity contribution in [3.8, 4) is 17.2 Å². The molecule has 0 unspecified atom stereocenters. The highest BCUT2D eigenvalue weighted by atomic mass is 32.1. The number of carbonyl (C=O) groups is 1. The van der Waals surface area contributed by atoms with Crippen LogP contribution in [-0.2, 0) is 7.05 Å². The molecule has 0 radical (unpaired) electrons. The maximum Gasteiger partial charge on any atom is 0.287 e. The van der Waals surface area contributed by atoms with E-state index in [9.17, 15) is 14.9 Å². The average molecular weight is 409 g/mol. The van der Waals surface area contributed by atoms with Crippen LogP contribution in [0.5, 0.6) is 17.2 Å². The Kier molecular flexibility index (Phi) is 6.60. The third kappa shape index (κ3) is 4.59. The minimum atomic E-state index is -0.593. The normalized spacial score (nSPS) is 10.0. The van der Waals surface area contributed by atoms with Gasteiger partial charge < -0.3 is 24.1 Å². The topological polar surface area (TPSA) is 129 Å². The average Bonchev–Trinajstić information content (AvgIpc) is 3.07. The lowest BCUT2D eigenvalue weighted by Crippen LogP contribution is -2.44. The summed E-state index contributed by atoms with van der Waals surface area (Å²) in [6, 6.07) is 4.43. The summed E-state index contributed by atoms with van der Waals surface area (Å²) in [5, 5.41) is 13.7. The fourth-order valence-electron chi connectivity index (χ4n) is 2.37. The first kappa shape index (κ1) is 20.8. The second-order valence-electron chi connectivity index (χ2n) is 5.40. The molecule has 0 saturated carbocycles. The van der Waals surface area contributed by atoms with Gasteiger partial charge in [-0.3, -0.25) is 25.8 Å². The number of aromatic nitrogens is 1. The summed E-state index contributed by atoms with van der Waals surface area (Å²) in [7, 11) is 5.98. The van der Waals surface area contributed by atoms with Crippen molar-refractivity contribution in [3.05, 3.63) is 40.2 Å². The van der Waals surface area contributed by atoms with Crippen LogP contribution in [0.15, 0.2) is 24.4 Å². The highest BCUT2D eigenvalue weighted by Crippen LogP contribution is 2.39. The third-order valence-electron chi connectivity index (χ3n) is 3.65. The van der Waals surface area contributed by atoms with Crippen LogP contribution in [0.2, 0.25) is 0 Å². The molecule has 1 heterocycles. The zero-order chi connectivity index (χ0) is 20.8. The van der Waals surface area contributed by atoms with Crippen molar-refractivity contribution in [1.29, 1.82) is 0 Å². The standard InChI is InChI=1S/C16H19N5O6S/c1-20-8-10(21(23)24)7-11(20)15(22)18-19-16(28)17-9-5-12(25-2)14(27-4)13(6-9)26-3/h5-8H,1-4H3,(H,18,22)(H2,17,19,28). The Bertz CT molecular complexity index is 888. The molecule has 3 N–H and O–H groups in total. The van der Waals surface area contributed by atoms with Gasteiger partial charge >= 0.3 is 0 Å². The maximum absolute atomic E-state index is 12.2. The van der Waals surface area contributed by atoms with E-state index >= 15 is 0 Å². The Morgan fingerprint density at radius 3 is 2.18 bits per heavy atom. The maximum atomic E-state index is 12.2. The molecule has 0 fully saturated rings. The van der Waals surface area contributed by atoms with Gasteiger partial charge in [0.05, 0.1) is 32.4 Å². The van der Waals surface area contributed by atoms with E-state index in [1.54, 1.807) is 12.1 Å². The van der Waals surface area contributed by atoms with Gasteiger partial charge in [0.25, 0.3) is 11.6 Å². The van der Waals surface area contributed by atoms with Crippen molar-refractivity contribution in [1.82, 2.24) is 15.4 Å². The fourth-order valence-corrected chi connectivity index (χ4v) is 2.53. The molecule has 1 aromatic carbocycles. The first-order valence-electron chi connectivity index (χ1n) is 7.78. The zero-order valence-corrected chi connectivity index (χ0v) is 16.4. The Labute approximate surface area is 165 Å². The number of nitro groups is 1. The predicted molar refractivity (Wildman–Crippen MR) is 105 cm³/mol. The van der Waals surface area contributed by atoms with Gasteiger partial charge in [0.15, 0.2) is 16.6 Å². The predicted octanol–water partition coefficient (Wildman–Crippen LogP) is 1.59. The van der Waals surface area contributed by atoms with Crippen LogP contribution in [0.4, 0.5) is 11.4 Å². The first-order chi connectivity index (χ1) is 13.3. The molecule has 28 heavy (non-hydrogen) atoms. The van der Waals surface area contributed by atoms with Crippen molar-refractivity contribution in [2.24, 2.45) is 7.05 Å². The van der Waals surface area contributed by atoms with E-state index in [0.717, 1.165) is 6.07 Å². The summed E-state index contributed by atoms with van der Waals surface area (Å²) in [6.07, 6.45) is 1.24. The zero-order valence-electron chi connectivity index (χ0n) is 15.6. The molecule has 2 aromatic rings. The molecule has 0 saturated heterocycles. The fraction of sp³-hybridized carbons (Fsp3) is 0.250. The number of hydrogen-bond acceptors (Lipinski definition) is 7. The molecule has 0 aliphatic heterocycles. The van der Waals surface area contributed by atoms with E-state index in [1.807, 2.05) is 0 Å². The number of anilines is 1. The van der Waals surface area contributed by atoms with Crippen molar-refractivity contribution in [2.45, 2.75) is 0 Å². The number of methoxy groups -OCH3 is 3. The summed E-state index contributed by atoms with van der Waals surface area (Å²) in [5.74, 6) is 0.678. The van der Waals surface area contributed by atoms with Crippen LogP contribution in [0, 0.1) is 10.1 Å². The molecule has 1 aromatic heterocycles. The van der Waals surface area contributed by atoms with Gasteiger partial charge in [0.1, 0.15) is 5.69 Å². The number of carbonyl (C=O) groups excluding carboxylic acids is 1. The van der Waals surface area contributed by atoms with Gasteiger partial charge in [-0.1, -0.05) is 0 Å². The van der Waals surface area contributed by atoms with Gasteiger partial charge in [-0.15, -0.1) is 0 Å². The van der Waals surface area contributed by atoms with Crippen LogP contribution in [0.1, 0.15) is 10.5 Å². The molecule has 1 amide bonds. The van der Waals surface area contributed by atoms with Gasteiger partial charge in [0.2, 0.25) is 5.75 Å². The molecule has 2 rings (SSSR count). The number of hydrazine groups is 1. The van der Waals surface area contributed by atoms with Crippen LogP contribution in [0.25, 0.3) is 0 Å². The minimum Gasteiger partial charge on any atom is -0.493 e. The van der Waals surface area contributed by atoms with Crippen LogP contribution in [-0.4, -0.2) is 41.8 Å². The van der Waals surface area contributed by atoms with Crippen molar-refractivity contribution in [2.75, 3.05) is 26.6 Å². The third-order valence-corrected chi connectivity index (χ3v) is 3.85. The number of nitrogens with one attached hydrogen (secondary N) is 3. The minimum absolute atomic E-state index is 0.0753. The molecule has 12 heteroatoms.